The van der Waals surface area contributed by atoms with Crippen LogP contribution in [0.25, 0.3) is 0 Å². The summed E-state index contributed by atoms with van der Waals surface area (Å²) in [6, 6.07) is 20.4. The summed E-state index contributed by atoms with van der Waals surface area (Å²) in [4.78, 5) is 102. The summed E-state index contributed by atoms with van der Waals surface area (Å²) in [5, 5.41) is 38.9. The molecule has 5 heterocycles. The average Bonchev–Trinajstić information content (AvgIpc) is 4.13. The fourth-order valence-corrected chi connectivity index (χ4v) is 9.51. The van der Waals surface area contributed by atoms with Gasteiger partial charge in [0.2, 0.25) is 0 Å². The number of imide groups is 3. The van der Waals surface area contributed by atoms with Crippen LogP contribution in [0.5, 0.6) is 0 Å². The number of Topliss-reactive ketones (excluding diaryl/α,β-unsaturated/α-hetero) is 1. The van der Waals surface area contributed by atoms with E-state index in [2.05, 4.69) is 15.9 Å². The molecule has 72 heavy (non-hydrogen) atoms. The number of rotatable bonds is 20. The van der Waals surface area contributed by atoms with Crippen molar-refractivity contribution in [2.45, 2.75) is 89.9 Å². The molecule has 4 N–H and O–H groups in total. The van der Waals surface area contributed by atoms with Gasteiger partial charge in [-0.05, 0) is 82.3 Å². The Balaban J connectivity index is 0.000000182. The maximum absolute atomic E-state index is 12.2. The molecule has 4 atom stereocenters. The van der Waals surface area contributed by atoms with Crippen molar-refractivity contribution in [3.8, 4) is 0 Å². The van der Waals surface area contributed by atoms with Crippen LogP contribution >= 0.6 is 15.9 Å². The predicted octanol–water partition coefficient (Wildman–Crippen LogP) is 4.21. The second kappa shape index (κ2) is 28.6. The van der Waals surface area contributed by atoms with E-state index in [4.69, 9.17) is 9.84 Å². The number of amides is 6. The zero-order chi connectivity index (χ0) is 52.3. The third-order valence-electron chi connectivity index (χ3n) is 13.1. The number of nitrogens with zero attached hydrogens (tertiary/aromatic N) is 5. The molecule has 3 aromatic carbocycles. The van der Waals surface area contributed by atoms with E-state index < -0.39 is 12.2 Å². The minimum atomic E-state index is -0.544. The molecule has 8 rings (SSSR count). The molecule has 5 aliphatic heterocycles. The number of esters is 1. The van der Waals surface area contributed by atoms with Crippen molar-refractivity contribution in [3.63, 3.8) is 0 Å². The molecule has 0 unspecified atom stereocenters. The highest BCUT2D eigenvalue weighted by atomic mass is 79.9. The van der Waals surface area contributed by atoms with Gasteiger partial charge in [0.1, 0.15) is 5.78 Å². The van der Waals surface area contributed by atoms with Gasteiger partial charge >= 0.3 is 5.97 Å². The average molecular weight is 1060 g/mol. The summed E-state index contributed by atoms with van der Waals surface area (Å²) < 4.78 is 4.73. The monoisotopic (exact) mass is 1060 g/mol. The van der Waals surface area contributed by atoms with Gasteiger partial charge in [-0.25, -0.2) is 0 Å². The summed E-state index contributed by atoms with van der Waals surface area (Å²) in [5.41, 5.74) is 2.89. The van der Waals surface area contributed by atoms with Crippen LogP contribution in [-0.2, 0) is 14.3 Å². The van der Waals surface area contributed by atoms with Gasteiger partial charge in [0.25, 0.3) is 35.4 Å². The quantitative estimate of drug-likeness (QED) is 0.0536. The van der Waals surface area contributed by atoms with Crippen molar-refractivity contribution in [1.29, 1.82) is 0 Å². The van der Waals surface area contributed by atoms with Gasteiger partial charge < -0.3 is 30.0 Å². The normalized spacial score (nSPS) is 20.1. The number of benzene rings is 3. The molecule has 0 spiro atoms. The molecule has 6 amide bonds. The van der Waals surface area contributed by atoms with E-state index in [0.717, 1.165) is 43.9 Å². The second-order valence-electron chi connectivity index (χ2n) is 18.2. The lowest BCUT2D eigenvalue weighted by Crippen LogP contribution is -2.43. The molecule has 5 aliphatic rings. The summed E-state index contributed by atoms with van der Waals surface area (Å²) in [6.07, 6.45) is 6.27. The predicted molar refractivity (Wildman–Crippen MR) is 270 cm³/mol. The Morgan fingerprint density at radius 3 is 1.43 bits per heavy atom. The molecule has 18 nitrogen and oxygen atoms in total. The highest BCUT2D eigenvalue weighted by Crippen LogP contribution is 2.26. The summed E-state index contributed by atoms with van der Waals surface area (Å²) in [6.45, 7) is 7.41. The minimum Gasteiger partial charge on any atom is -0.466 e. The summed E-state index contributed by atoms with van der Waals surface area (Å²) in [5.74, 6) is -1.46. The Labute approximate surface area is 429 Å². The van der Waals surface area contributed by atoms with Crippen molar-refractivity contribution in [1.82, 2.24) is 24.5 Å². The maximum atomic E-state index is 12.2. The number of aliphatic hydroxyl groups is 4. The number of fused-ring (bicyclic) bond motifs is 3. The van der Waals surface area contributed by atoms with Gasteiger partial charge in [-0.3, -0.25) is 58.1 Å². The smallest absolute Gasteiger partial charge is 0.305 e. The third-order valence-corrected chi connectivity index (χ3v) is 13.7. The molecule has 0 aromatic heterocycles. The number of unbranched alkanes of at least 4 members (excludes halogenated alkanes) is 4. The van der Waals surface area contributed by atoms with Crippen LogP contribution < -0.4 is 0 Å². The molecular weight excluding hydrogens is 995 g/mol. The summed E-state index contributed by atoms with van der Waals surface area (Å²) in [7, 11) is 0. The molecule has 0 radical (unpaired) electrons. The standard InChI is InChI=1S/2C15H18N2O4.C14H16BrNO2.C9H16O3/c18-9-10-7-16(8-13(10)19)5-6-17-14(20)11-3-1-2-4-12(11)15(17)21;18-9-12-13(19)5-6-16(12)7-8-17-14(20)10-3-1-2-4-11(10)15(17)21;15-9-5-1-2-6-10-16-13(17)11-7-3-4-8-12(11)14(16)18;1-3-12-9(11)7-5-4-6-8(2)10/h1-4,10,13,18-19H,5-9H2;1-4,12-13,18-19H,5-9H2;3-4,7-8H,1-2,5-6,9-10H2;3-7H2,1-2H3/t10-,13-;12-,13-;;/m01../s1. The number of likely N-dealkylation sites (tertiary alicyclic amines) is 2. The van der Waals surface area contributed by atoms with Crippen LogP contribution in [0, 0.1) is 5.92 Å². The van der Waals surface area contributed by atoms with Crippen LogP contribution in [0.3, 0.4) is 0 Å². The fraction of sp³-hybridized carbons (Fsp3) is 0.509. The highest BCUT2D eigenvalue weighted by molar-refractivity contribution is 9.09. The van der Waals surface area contributed by atoms with Crippen LogP contribution in [0.15, 0.2) is 72.8 Å². The van der Waals surface area contributed by atoms with E-state index in [1.807, 2.05) is 9.80 Å². The lowest BCUT2D eigenvalue weighted by molar-refractivity contribution is -0.143. The van der Waals surface area contributed by atoms with Crippen molar-refractivity contribution < 1.29 is 63.5 Å². The molecule has 390 valence electrons. The van der Waals surface area contributed by atoms with Crippen LogP contribution in [0.1, 0.15) is 134 Å². The molecule has 0 aliphatic carbocycles. The van der Waals surface area contributed by atoms with E-state index in [9.17, 15) is 53.7 Å². The number of hydrogen-bond donors (Lipinski definition) is 4. The Morgan fingerprint density at radius 1 is 0.569 bits per heavy atom. The molecule has 2 fully saturated rings. The first-order chi connectivity index (χ1) is 34.7. The van der Waals surface area contributed by atoms with Gasteiger partial charge in [-0.15, -0.1) is 0 Å². The summed E-state index contributed by atoms with van der Waals surface area (Å²) >= 11 is 3.39. The van der Waals surface area contributed by atoms with E-state index in [1.54, 1.807) is 86.6 Å². The van der Waals surface area contributed by atoms with E-state index in [1.165, 1.54) is 14.7 Å². The van der Waals surface area contributed by atoms with Crippen LogP contribution in [-0.4, -0.2) is 188 Å². The van der Waals surface area contributed by atoms with Gasteiger partial charge in [0.15, 0.2) is 0 Å². The lowest BCUT2D eigenvalue weighted by atomic mass is 10.1. The van der Waals surface area contributed by atoms with Gasteiger partial charge in [0.05, 0.1) is 64.8 Å². The highest BCUT2D eigenvalue weighted by Gasteiger charge is 2.39. The van der Waals surface area contributed by atoms with Crippen LogP contribution in [0.4, 0.5) is 0 Å². The van der Waals surface area contributed by atoms with Crippen LogP contribution in [0.2, 0.25) is 0 Å². The molecule has 3 aromatic rings. The molecular formula is C53H68BrN5O13. The zero-order valence-corrected chi connectivity index (χ0v) is 42.7. The lowest BCUT2D eigenvalue weighted by Gasteiger charge is -2.26. The Kier molecular flexibility index (Phi) is 22.8. The largest absolute Gasteiger partial charge is 0.466 e. The minimum absolute atomic E-state index is 0.0509. The Hall–Kier alpha value is -5.54. The van der Waals surface area contributed by atoms with Gasteiger partial charge in [-0.2, -0.15) is 0 Å². The third kappa shape index (κ3) is 15.0. The number of alkyl halides is 1. The number of carbonyl (C=O) groups is 8. The number of carbonyl (C=O) groups excluding carboxylic acids is 8. The van der Waals surface area contributed by atoms with Crippen molar-refractivity contribution in [2.24, 2.45) is 5.92 Å². The number of β-amino-alcohol motifs (C(OH)–C–C–N with tert-alkyl or cyclic N) is 1. The van der Waals surface area contributed by atoms with Crippen molar-refractivity contribution in [3.05, 3.63) is 106 Å². The maximum Gasteiger partial charge on any atom is 0.305 e. The first-order valence-electron chi connectivity index (χ1n) is 24.8. The molecule has 0 saturated carbocycles. The zero-order valence-electron chi connectivity index (χ0n) is 41.2. The van der Waals surface area contributed by atoms with E-state index >= 15 is 0 Å². The fourth-order valence-electron chi connectivity index (χ4n) is 9.11. The second-order valence-corrected chi connectivity index (χ2v) is 18.9. The van der Waals surface area contributed by atoms with Crippen molar-refractivity contribution in [2.75, 3.05) is 77.5 Å². The molecule has 0 bridgehead atoms. The Bertz CT molecular complexity index is 2280. The number of ketones is 1. The first kappa shape index (κ1) is 57.4. The van der Waals surface area contributed by atoms with Gasteiger partial charge in [0, 0.05) is 83.1 Å². The van der Waals surface area contributed by atoms with E-state index in [0.29, 0.717) is 105 Å². The van der Waals surface area contributed by atoms with Crippen molar-refractivity contribution >= 4 is 63.1 Å². The molecule has 19 heteroatoms. The molecule has 2 saturated heterocycles. The van der Waals surface area contributed by atoms with E-state index in [-0.39, 0.29) is 78.9 Å². The SMILES string of the molecule is CCOC(=O)CCCCC(C)=O.O=C1c2ccccc2C(=O)N1CCCCCCBr.O=C1c2ccccc2C(=O)N1CCN1CC[C@@H](O)[C@H]1CO.O=C1c2ccccc2C(=O)N1CCN1C[C@@H](CO)[C@@H](O)C1. The Morgan fingerprint density at radius 2 is 1.01 bits per heavy atom. The van der Waals surface area contributed by atoms with Gasteiger partial charge in [-0.1, -0.05) is 65.2 Å². The topological polar surface area (TPSA) is 243 Å². The number of aliphatic hydroxyl groups excluding tert-OH is 4. The number of ether oxygens (including phenoxy) is 1. The first-order valence-corrected chi connectivity index (χ1v) is 25.9. The number of halogens is 1. The number of hydrogen-bond acceptors (Lipinski definition) is 15.